The molecule has 28 heavy (non-hydrogen) atoms. The number of piperidine rings is 1. The minimum absolute atomic E-state index is 0.277. The van der Waals surface area contributed by atoms with Crippen molar-refractivity contribution in [3.63, 3.8) is 0 Å². The highest BCUT2D eigenvalue weighted by molar-refractivity contribution is 5.93. The molecule has 2 aromatic rings. The summed E-state index contributed by atoms with van der Waals surface area (Å²) in [6.45, 7) is 1.53. The van der Waals surface area contributed by atoms with Gasteiger partial charge >= 0.3 is 12.0 Å². The van der Waals surface area contributed by atoms with Crippen LogP contribution < -0.4 is 16.0 Å². The molecule has 6 heteroatoms. The molecule has 1 aliphatic heterocycles. The third kappa shape index (κ3) is 5.82. The second kappa shape index (κ2) is 9.90. The Bertz CT molecular complexity index is 787. The van der Waals surface area contributed by atoms with Crippen molar-refractivity contribution < 1.29 is 14.3 Å². The van der Waals surface area contributed by atoms with Crippen molar-refractivity contribution in [2.75, 3.05) is 25.5 Å². The first-order chi connectivity index (χ1) is 13.6. The van der Waals surface area contributed by atoms with Gasteiger partial charge < -0.3 is 20.7 Å². The van der Waals surface area contributed by atoms with Gasteiger partial charge in [0.25, 0.3) is 0 Å². The minimum Gasteiger partial charge on any atom is -0.465 e. The minimum atomic E-state index is -0.430. The van der Waals surface area contributed by atoms with Crippen molar-refractivity contribution in [2.45, 2.75) is 25.3 Å². The van der Waals surface area contributed by atoms with Gasteiger partial charge in [0.15, 0.2) is 0 Å². The Morgan fingerprint density at radius 3 is 2.64 bits per heavy atom. The Morgan fingerprint density at radius 2 is 1.93 bits per heavy atom. The predicted molar refractivity (Wildman–Crippen MR) is 109 cm³/mol. The lowest BCUT2D eigenvalue weighted by Crippen LogP contribution is -2.47. The number of nitrogens with one attached hydrogen (secondary N) is 3. The molecule has 2 atom stereocenters. The highest BCUT2D eigenvalue weighted by Crippen LogP contribution is 2.19. The van der Waals surface area contributed by atoms with E-state index in [0.717, 1.165) is 25.8 Å². The van der Waals surface area contributed by atoms with E-state index in [-0.39, 0.29) is 12.1 Å². The molecule has 0 unspecified atom stereocenters. The third-order valence-corrected chi connectivity index (χ3v) is 5.04. The van der Waals surface area contributed by atoms with Crippen LogP contribution in [0.15, 0.2) is 54.6 Å². The van der Waals surface area contributed by atoms with Crippen LogP contribution in [-0.2, 0) is 11.2 Å². The van der Waals surface area contributed by atoms with Crippen LogP contribution in [0.3, 0.4) is 0 Å². The molecule has 1 aliphatic rings. The zero-order chi connectivity index (χ0) is 19.8. The molecular weight excluding hydrogens is 354 g/mol. The van der Waals surface area contributed by atoms with Crippen molar-refractivity contribution in [3.8, 4) is 0 Å². The van der Waals surface area contributed by atoms with Crippen molar-refractivity contribution in [3.05, 3.63) is 65.7 Å². The average Bonchev–Trinajstić information content (AvgIpc) is 2.73. The van der Waals surface area contributed by atoms with E-state index in [0.29, 0.717) is 23.7 Å². The standard InChI is InChI=1S/C22H27N3O3/c1-28-21(26)18-8-5-9-19(13-18)25-22(27)24-15-20-11-10-17(14-23-20)12-16-6-3-2-4-7-16/h2-9,13,17,20,23H,10-12,14-15H2,1H3,(H2,24,25,27)/t17-,20-/m1/s1. The zero-order valence-electron chi connectivity index (χ0n) is 16.1. The number of methoxy groups -OCH3 is 1. The van der Waals surface area contributed by atoms with Crippen LogP contribution in [-0.4, -0.2) is 38.2 Å². The number of anilines is 1. The average molecular weight is 381 g/mol. The molecule has 2 aromatic carbocycles. The molecule has 1 saturated heterocycles. The molecule has 0 saturated carbocycles. The van der Waals surface area contributed by atoms with E-state index in [1.165, 1.54) is 12.7 Å². The summed E-state index contributed by atoms with van der Waals surface area (Å²) in [6, 6.07) is 17.2. The number of carbonyl (C=O) groups is 2. The van der Waals surface area contributed by atoms with Crippen LogP contribution in [0.2, 0.25) is 0 Å². The fraction of sp³-hybridized carbons (Fsp3) is 0.364. The van der Waals surface area contributed by atoms with Gasteiger partial charge in [0.05, 0.1) is 12.7 Å². The molecule has 1 heterocycles. The van der Waals surface area contributed by atoms with E-state index in [1.807, 2.05) is 6.07 Å². The van der Waals surface area contributed by atoms with E-state index in [9.17, 15) is 9.59 Å². The molecule has 0 aliphatic carbocycles. The highest BCUT2D eigenvalue weighted by atomic mass is 16.5. The summed E-state index contributed by atoms with van der Waals surface area (Å²) < 4.78 is 4.69. The summed E-state index contributed by atoms with van der Waals surface area (Å²) in [4.78, 5) is 23.7. The molecule has 148 valence electrons. The lowest BCUT2D eigenvalue weighted by molar-refractivity contribution is 0.0600. The Morgan fingerprint density at radius 1 is 1.11 bits per heavy atom. The van der Waals surface area contributed by atoms with E-state index >= 15 is 0 Å². The smallest absolute Gasteiger partial charge is 0.337 e. The number of ether oxygens (including phenoxy) is 1. The van der Waals surface area contributed by atoms with Gasteiger partial charge in [0, 0.05) is 18.3 Å². The normalized spacial score (nSPS) is 18.9. The maximum Gasteiger partial charge on any atom is 0.337 e. The topological polar surface area (TPSA) is 79.5 Å². The lowest BCUT2D eigenvalue weighted by Gasteiger charge is -2.30. The van der Waals surface area contributed by atoms with Gasteiger partial charge in [-0.05, 0) is 55.5 Å². The van der Waals surface area contributed by atoms with Crippen LogP contribution >= 0.6 is 0 Å². The van der Waals surface area contributed by atoms with Gasteiger partial charge in [-0.25, -0.2) is 9.59 Å². The van der Waals surface area contributed by atoms with Crippen molar-refractivity contribution in [1.29, 1.82) is 0 Å². The van der Waals surface area contributed by atoms with Crippen LogP contribution in [0, 0.1) is 5.92 Å². The second-order valence-corrected chi connectivity index (χ2v) is 7.15. The summed E-state index contributed by atoms with van der Waals surface area (Å²) >= 11 is 0. The molecule has 0 aromatic heterocycles. The number of urea groups is 1. The molecule has 0 spiro atoms. The third-order valence-electron chi connectivity index (χ3n) is 5.04. The number of amides is 2. The molecule has 0 bridgehead atoms. The SMILES string of the molecule is COC(=O)c1cccc(NC(=O)NC[C@H]2CC[C@H](Cc3ccccc3)CN2)c1. The van der Waals surface area contributed by atoms with Gasteiger partial charge in [-0.3, -0.25) is 0 Å². The van der Waals surface area contributed by atoms with E-state index in [2.05, 4.69) is 40.2 Å². The predicted octanol–water partition coefficient (Wildman–Crippen LogP) is 3.21. The molecule has 3 rings (SSSR count). The number of esters is 1. The van der Waals surface area contributed by atoms with Crippen LogP contribution in [0.1, 0.15) is 28.8 Å². The number of hydrogen-bond donors (Lipinski definition) is 3. The van der Waals surface area contributed by atoms with E-state index in [1.54, 1.807) is 24.3 Å². The quantitative estimate of drug-likeness (QED) is 0.672. The number of hydrogen-bond acceptors (Lipinski definition) is 4. The maximum absolute atomic E-state index is 12.1. The summed E-state index contributed by atoms with van der Waals surface area (Å²) in [6.07, 6.45) is 3.28. The van der Waals surface area contributed by atoms with E-state index in [4.69, 9.17) is 4.74 Å². The number of rotatable bonds is 6. The fourth-order valence-electron chi connectivity index (χ4n) is 3.50. The number of carbonyl (C=O) groups excluding carboxylic acids is 2. The van der Waals surface area contributed by atoms with Gasteiger partial charge in [-0.1, -0.05) is 36.4 Å². The first-order valence-corrected chi connectivity index (χ1v) is 9.64. The molecule has 0 radical (unpaired) electrons. The summed E-state index contributed by atoms with van der Waals surface area (Å²) in [7, 11) is 1.33. The second-order valence-electron chi connectivity index (χ2n) is 7.15. The Balaban J connectivity index is 1.39. The molecule has 1 fully saturated rings. The van der Waals surface area contributed by atoms with Gasteiger partial charge in [0.2, 0.25) is 0 Å². The first-order valence-electron chi connectivity index (χ1n) is 9.64. The van der Waals surface area contributed by atoms with E-state index < -0.39 is 5.97 Å². The Kier molecular flexibility index (Phi) is 7.03. The summed E-state index contributed by atoms with van der Waals surface area (Å²) in [5.41, 5.74) is 2.33. The monoisotopic (exact) mass is 381 g/mol. The van der Waals surface area contributed by atoms with Crippen LogP contribution in [0.4, 0.5) is 10.5 Å². The fourth-order valence-corrected chi connectivity index (χ4v) is 3.50. The Labute approximate surface area is 165 Å². The van der Waals surface area contributed by atoms with Crippen molar-refractivity contribution >= 4 is 17.7 Å². The van der Waals surface area contributed by atoms with Crippen molar-refractivity contribution in [2.24, 2.45) is 5.92 Å². The lowest BCUT2D eigenvalue weighted by atomic mass is 9.89. The first kappa shape index (κ1) is 19.9. The van der Waals surface area contributed by atoms with Crippen molar-refractivity contribution in [1.82, 2.24) is 10.6 Å². The highest BCUT2D eigenvalue weighted by Gasteiger charge is 2.21. The molecule has 3 N–H and O–H groups in total. The molecule has 2 amide bonds. The maximum atomic E-state index is 12.1. The largest absolute Gasteiger partial charge is 0.465 e. The van der Waals surface area contributed by atoms with Gasteiger partial charge in [0.1, 0.15) is 0 Å². The van der Waals surface area contributed by atoms with Gasteiger partial charge in [-0.2, -0.15) is 0 Å². The molecular formula is C22H27N3O3. The van der Waals surface area contributed by atoms with Crippen LogP contribution in [0.5, 0.6) is 0 Å². The van der Waals surface area contributed by atoms with Crippen LogP contribution in [0.25, 0.3) is 0 Å². The molecule has 6 nitrogen and oxygen atoms in total. The Hall–Kier alpha value is -2.86. The van der Waals surface area contributed by atoms with Gasteiger partial charge in [-0.15, -0.1) is 0 Å². The number of benzene rings is 2. The summed E-state index contributed by atoms with van der Waals surface area (Å²) in [5, 5.41) is 9.19. The summed E-state index contributed by atoms with van der Waals surface area (Å²) in [5.74, 6) is 0.203. The zero-order valence-corrected chi connectivity index (χ0v) is 16.1.